The maximum absolute atomic E-state index is 13.2. The van der Waals surface area contributed by atoms with E-state index in [9.17, 15) is 9.18 Å². The lowest BCUT2D eigenvalue weighted by Gasteiger charge is -2.25. The summed E-state index contributed by atoms with van der Waals surface area (Å²) in [6, 6.07) is 11.5. The Morgan fingerprint density at radius 1 is 1.11 bits per heavy atom. The quantitative estimate of drug-likeness (QED) is 0.766. The largest absolute Gasteiger partial charge is 0.493 e. The minimum absolute atomic E-state index is 0.124. The first-order chi connectivity index (χ1) is 13.1. The third-order valence-electron chi connectivity index (χ3n) is 4.70. The lowest BCUT2D eigenvalue weighted by Crippen LogP contribution is -2.25. The highest BCUT2D eigenvalue weighted by atomic mass is 19.1. The van der Waals surface area contributed by atoms with Crippen molar-refractivity contribution in [3.8, 4) is 17.2 Å². The number of fused-ring (bicyclic) bond motifs is 1. The van der Waals surface area contributed by atoms with Crippen molar-refractivity contribution in [3.05, 3.63) is 65.6 Å². The minimum Gasteiger partial charge on any atom is -0.493 e. The number of hydrogen-bond donors (Lipinski definition) is 1. The van der Waals surface area contributed by atoms with Crippen LogP contribution in [0.1, 0.15) is 23.5 Å². The van der Waals surface area contributed by atoms with Crippen molar-refractivity contribution in [2.24, 2.45) is 0 Å². The van der Waals surface area contributed by atoms with Crippen molar-refractivity contribution >= 4 is 11.7 Å². The van der Waals surface area contributed by atoms with Crippen LogP contribution in [0.5, 0.6) is 11.5 Å². The van der Waals surface area contributed by atoms with Crippen LogP contribution < -0.4 is 14.8 Å². The molecule has 2 heterocycles. The molecule has 4 rings (SSSR count). The molecule has 1 N–H and O–H groups in total. The van der Waals surface area contributed by atoms with Gasteiger partial charge in [-0.3, -0.25) is 4.79 Å². The van der Waals surface area contributed by atoms with Gasteiger partial charge in [-0.05, 0) is 30.3 Å². The van der Waals surface area contributed by atoms with E-state index in [0.717, 1.165) is 11.1 Å². The third kappa shape index (κ3) is 2.91. The molecule has 1 aromatic heterocycles. The van der Waals surface area contributed by atoms with Gasteiger partial charge in [0.2, 0.25) is 5.91 Å². The summed E-state index contributed by atoms with van der Waals surface area (Å²) >= 11 is 0. The molecule has 0 unspecified atom stereocenters. The second-order valence-electron chi connectivity index (χ2n) is 6.22. The molecule has 1 aliphatic heterocycles. The van der Waals surface area contributed by atoms with Crippen molar-refractivity contribution in [2.75, 3.05) is 19.5 Å². The van der Waals surface area contributed by atoms with Crippen LogP contribution in [-0.4, -0.2) is 29.9 Å². The molecular weight excluding hydrogens is 349 g/mol. The first-order valence-electron chi connectivity index (χ1n) is 8.47. The Morgan fingerprint density at radius 3 is 2.59 bits per heavy atom. The molecule has 0 saturated carbocycles. The maximum Gasteiger partial charge on any atom is 0.226 e. The molecule has 0 fully saturated rings. The van der Waals surface area contributed by atoms with Gasteiger partial charge in [0.25, 0.3) is 0 Å². The van der Waals surface area contributed by atoms with E-state index in [-0.39, 0.29) is 24.1 Å². The number of nitrogens with one attached hydrogen (secondary N) is 1. The predicted octanol–water partition coefficient (Wildman–Crippen LogP) is 3.50. The molecule has 27 heavy (non-hydrogen) atoms. The minimum atomic E-state index is -0.331. The predicted molar refractivity (Wildman–Crippen MR) is 98.2 cm³/mol. The summed E-state index contributed by atoms with van der Waals surface area (Å²) in [5, 5.41) is 7.30. The molecule has 0 saturated heterocycles. The second kappa shape index (κ2) is 6.75. The molecule has 7 heteroatoms. The summed E-state index contributed by atoms with van der Waals surface area (Å²) in [6.07, 6.45) is 1.99. The first kappa shape index (κ1) is 17.1. The summed E-state index contributed by atoms with van der Waals surface area (Å²) in [5.41, 5.74) is 2.38. The number of para-hydroxylation sites is 1. The van der Waals surface area contributed by atoms with E-state index >= 15 is 0 Å². The van der Waals surface area contributed by atoms with E-state index in [0.29, 0.717) is 23.0 Å². The Morgan fingerprint density at radius 2 is 1.89 bits per heavy atom. The third-order valence-corrected chi connectivity index (χ3v) is 4.70. The summed E-state index contributed by atoms with van der Waals surface area (Å²) in [6.45, 7) is 0. The Bertz CT molecular complexity index is 998. The van der Waals surface area contributed by atoms with Crippen molar-refractivity contribution in [1.29, 1.82) is 0 Å². The van der Waals surface area contributed by atoms with Crippen molar-refractivity contribution in [3.63, 3.8) is 0 Å². The number of benzene rings is 2. The average molecular weight is 367 g/mol. The van der Waals surface area contributed by atoms with Gasteiger partial charge in [-0.2, -0.15) is 5.10 Å². The van der Waals surface area contributed by atoms with Gasteiger partial charge >= 0.3 is 0 Å². The Hall–Kier alpha value is -3.35. The summed E-state index contributed by atoms with van der Waals surface area (Å²) in [5.74, 6) is 1.10. The van der Waals surface area contributed by atoms with E-state index in [2.05, 4.69) is 10.4 Å². The fraction of sp³-hybridized carbons (Fsp3) is 0.200. The highest BCUT2D eigenvalue weighted by Crippen LogP contribution is 2.44. The monoisotopic (exact) mass is 367 g/mol. The Balaban J connectivity index is 1.84. The number of carbonyl (C=O) groups is 1. The molecule has 3 aromatic rings. The number of carbonyl (C=O) groups excluding carboxylic acids is 1. The maximum atomic E-state index is 13.2. The number of anilines is 1. The van der Waals surface area contributed by atoms with Gasteiger partial charge in [0.1, 0.15) is 11.6 Å². The van der Waals surface area contributed by atoms with Crippen LogP contribution in [0, 0.1) is 5.82 Å². The Kier molecular flexibility index (Phi) is 4.27. The highest BCUT2D eigenvalue weighted by molar-refractivity contribution is 5.94. The average Bonchev–Trinajstić information content (AvgIpc) is 3.11. The summed E-state index contributed by atoms with van der Waals surface area (Å²) in [7, 11) is 3.15. The van der Waals surface area contributed by atoms with Crippen LogP contribution in [0.15, 0.2) is 48.7 Å². The van der Waals surface area contributed by atoms with E-state index in [1.807, 2.05) is 18.2 Å². The molecule has 0 spiro atoms. The van der Waals surface area contributed by atoms with Gasteiger partial charge in [-0.1, -0.05) is 12.1 Å². The van der Waals surface area contributed by atoms with Gasteiger partial charge in [-0.15, -0.1) is 0 Å². The number of rotatable bonds is 4. The fourth-order valence-corrected chi connectivity index (χ4v) is 3.46. The highest BCUT2D eigenvalue weighted by Gasteiger charge is 2.32. The number of methoxy groups -OCH3 is 2. The van der Waals surface area contributed by atoms with Gasteiger partial charge < -0.3 is 14.8 Å². The number of amides is 1. The van der Waals surface area contributed by atoms with Gasteiger partial charge in [0, 0.05) is 23.5 Å². The molecule has 1 amide bonds. The SMILES string of the molecule is COc1cccc([C@H]2CC(=O)Nc3c2cnn3-c2ccc(F)cc2)c1OC. The zero-order chi connectivity index (χ0) is 19.0. The number of ether oxygens (including phenoxy) is 2. The van der Waals surface area contributed by atoms with Crippen LogP contribution in [0.4, 0.5) is 10.2 Å². The van der Waals surface area contributed by atoms with E-state index in [1.165, 1.54) is 12.1 Å². The number of aromatic nitrogens is 2. The molecule has 2 aromatic carbocycles. The van der Waals surface area contributed by atoms with Crippen molar-refractivity contribution in [2.45, 2.75) is 12.3 Å². The normalized spacial score (nSPS) is 15.8. The molecular formula is C20H18FN3O3. The van der Waals surface area contributed by atoms with Crippen molar-refractivity contribution < 1.29 is 18.7 Å². The van der Waals surface area contributed by atoms with Gasteiger partial charge in [0.15, 0.2) is 11.5 Å². The van der Waals surface area contributed by atoms with E-state index in [1.54, 1.807) is 37.2 Å². The molecule has 138 valence electrons. The smallest absolute Gasteiger partial charge is 0.226 e. The van der Waals surface area contributed by atoms with Crippen molar-refractivity contribution in [1.82, 2.24) is 9.78 Å². The van der Waals surface area contributed by atoms with Crippen LogP contribution >= 0.6 is 0 Å². The van der Waals surface area contributed by atoms with Crippen LogP contribution in [0.2, 0.25) is 0 Å². The lowest BCUT2D eigenvalue weighted by molar-refractivity contribution is -0.116. The summed E-state index contributed by atoms with van der Waals surface area (Å²) < 4.78 is 25.8. The molecule has 0 radical (unpaired) electrons. The zero-order valence-corrected chi connectivity index (χ0v) is 14.9. The second-order valence-corrected chi connectivity index (χ2v) is 6.22. The topological polar surface area (TPSA) is 65.4 Å². The fourth-order valence-electron chi connectivity index (χ4n) is 3.46. The number of hydrogen-bond acceptors (Lipinski definition) is 4. The standard InChI is InChI=1S/C20H18FN3O3/c1-26-17-5-3-4-14(19(17)27-2)15-10-18(25)23-20-16(15)11-22-24(20)13-8-6-12(21)7-9-13/h3-9,11,15H,10H2,1-2H3,(H,23,25)/t15-/m1/s1. The lowest BCUT2D eigenvalue weighted by atomic mass is 9.86. The van der Waals surface area contributed by atoms with E-state index in [4.69, 9.17) is 9.47 Å². The van der Waals surface area contributed by atoms with Gasteiger partial charge in [0.05, 0.1) is 26.1 Å². The molecule has 1 atom stereocenters. The number of nitrogens with zero attached hydrogens (tertiary/aromatic N) is 2. The molecule has 0 aliphatic carbocycles. The number of halogens is 1. The van der Waals surface area contributed by atoms with Crippen LogP contribution in [-0.2, 0) is 4.79 Å². The summed E-state index contributed by atoms with van der Waals surface area (Å²) in [4.78, 5) is 12.4. The van der Waals surface area contributed by atoms with Crippen LogP contribution in [0.3, 0.4) is 0 Å². The van der Waals surface area contributed by atoms with Gasteiger partial charge in [-0.25, -0.2) is 9.07 Å². The first-order valence-corrected chi connectivity index (χ1v) is 8.47. The molecule has 0 bridgehead atoms. The van der Waals surface area contributed by atoms with Crippen LogP contribution in [0.25, 0.3) is 5.69 Å². The molecule has 6 nitrogen and oxygen atoms in total. The zero-order valence-electron chi connectivity index (χ0n) is 14.9. The van der Waals surface area contributed by atoms with E-state index < -0.39 is 0 Å². The Labute approximate surface area is 155 Å². The molecule has 1 aliphatic rings.